The van der Waals surface area contributed by atoms with Crippen molar-refractivity contribution in [3.63, 3.8) is 0 Å². The van der Waals surface area contributed by atoms with Gasteiger partial charge in [-0.3, -0.25) is 0 Å². The van der Waals surface area contributed by atoms with Gasteiger partial charge in [0.15, 0.2) is 0 Å². The van der Waals surface area contributed by atoms with Crippen LogP contribution in [0.4, 0.5) is 0 Å². The molecule has 2 bridgehead atoms. The summed E-state index contributed by atoms with van der Waals surface area (Å²) < 4.78 is 0. The van der Waals surface area contributed by atoms with Crippen LogP contribution < -0.4 is 0 Å². The first-order valence-corrected chi connectivity index (χ1v) is 7.75. The fraction of sp³-hybridized carbons (Fsp3) is 1.00. The van der Waals surface area contributed by atoms with E-state index in [9.17, 15) is 0 Å². The summed E-state index contributed by atoms with van der Waals surface area (Å²) in [4.78, 5) is 0. The van der Waals surface area contributed by atoms with E-state index in [4.69, 9.17) is 0 Å². The molecule has 16 heavy (non-hydrogen) atoms. The van der Waals surface area contributed by atoms with Crippen molar-refractivity contribution in [1.29, 1.82) is 0 Å². The van der Waals surface area contributed by atoms with Gasteiger partial charge in [0.2, 0.25) is 0 Å². The normalized spacial score (nSPS) is 63.4. The Balaban J connectivity index is 1.64. The molecule has 0 aromatic rings. The van der Waals surface area contributed by atoms with Crippen LogP contribution >= 0.6 is 0 Å². The monoisotopic (exact) mass is 218 g/mol. The van der Waals surface area contributed by atoms with E-state index in [0.29, 0.717) is 0 Å². The highest BCUT2D eigenvalue weighted by atomic mass is 14.7. The van der Waals surface area contributed by atoms with Crippen molar-refractivity contribution < 1.29 is 0 Å². The lowest BCUT2D eigenvalue weighted by molar-refractivity contribution is 0.0490. The SMILES string of the molecule is CC1CCC2C(C1)C1CC2C2C(C)CCC12. The molecule has 0 amide bonds. The first kappa shape index (κ1) is 9.97. The van der Waals surface area contributed by atoms with E-state index in [1.165, 1.54) is 41.9 Å². The molecule has 8 unspecified atom stereocenters. The number of hydrogen-bond donors (Lipinski definition) is 0. The summed E-state index contributed by atoms with van der Waals surface area (Å²) in [6.45, 7) is 5.04. The quantitative estimate of drug-likeness (QED) is 0.567. The highest BCUT2D eigenvalue weighted by Crippen LogP contribution is 2.67. The standard InChI is InChI=1S/C16H26/c1-9-3-5-11-13(7-9)14-8-15(11)16-10(2)4-6-12(14)16/h9-16H,3-8H2,1-2H3. The van der Waals surface area contributed by atoms with Gasteiger partial charge in [-0.05, 0) is 73.0 Å². The topological polar surface area (TPSA) is 0 Å². The lowest BCUT2D eigenvalue weighted by atomic mass is 9.61. The summed E-state index contributed by atoms with van der Waals surface area (Å²) in [5, 5.41) is 0. The van der Waals surface area contributed by atoms with Crippen molar-refractivity contribution >= 4 is 0 Å². The maximum atomic E-state index is 2.55. The number of fused-ring (bicyclic) bond motifs is 8. The van der Waals surface area contributed by atoms with Crippen LogP contribution in [0.25, 0.3) is 0 Å². The van der Waals surface area contributed by atoms with E-state index >= 15 is 0 Å². The molecule has 0 radical (unpaired) electrons. The van der Waals surface area contributed by atoms with Gasteiger partial charge in [-0.2, -0.15) is 0 Å². The average molecular weight is 218 g/mol. The van der Waals surface area contributed by atoms with Crippen molar-refractivity contribution in [3.8, 4) is 0 Å². The van der Waals surface area contributed by atoms with Gasteiger partial charge in [-0.15, -0.1) is 0 Å². The zero-order chi connectivity index (χ0) is 10.9. The third kappa shape index (κ3) is 1.12. The van der Waals surface area contributed by atoms with Gasteiger partial charge in [0, 0.05) is 0 Å². The van der Waals surface area contributed by atoms with Crippen LogP contribution in [0.2, 0.25) is 0 Å². The molecule has 90 valence electrons. The molecule has 4 saturated carbocycles. The molecule has 0 heterocycles. The minimum atomic E-state index is 1.04. The van der Waals surface area contributed by atoms with Crippen LogP contribution in [0.1, 0.15) is 52.4 Å². The maximum Gasteiger partial charge on any atom is -0.0326 e. The fourth-order valence-electron chi connectivity index (χ4n) is 6.57. The first-order valence-electron chi connectivity index (χ1n) is 7.75. The van der Waals surface area contributed by atoms with Gasteiger partial charge in [-0.1, -0.05) is 26.7 Å². The molecule has 0 nitrogen and oxygen atoms in total. The second-order valence-electron chi connectivity index (χ2n) is 7.61. The Bertz CT molecular complexity index is 294. The molecule has 8 atom stereocenters. The highest BCUT2D eigenvalue weighted by molar-refractivity contribution is 5.09. The van der Waals surface area contributed by atoms with Crippen molar-refractivity contribution in [2.24, 2.45) is 47.3 Å². The van der Waals surface area contributed by atoms with Crippen LogP contribution in [0.15, 0.2) is 0 Å². The zero-order valence-corrected chi connectivity index (χ0v) is 10.9. The van der Waals surface area contributed by atoms with Crippen LogP contribution in [0.5, 0.6) is 0 Å². The number of hydrogen-bond acceptors (Lipinski definition) is 0. The molecule has 4 rings (SSSR count). The molecule has 0 N–H and O–H groups in total. The highest BCUT2D eigenvalue weighted by Gasteiger charge is 2.60. The smallest absolute Gasteiger partial charge is 0.0326 e. The van der Waals surface area contributed by atoms with Crippen molar-refractivity contribution in [2.75, 3.05) is 0 Å². The molecule has 0 aromatic carbocycles. The summed E-state index contributed by atoms with van der Waals surface area (Å²) in [7, 11) is 0. The Morgan fingerprint density at radius 1 is 0.625 bits per heavy atom. The average Bonchev–Trinajstić information content (AvgIpc) is 2.89. The van der Waals surface area contributed by atoms with E-state index in [-0.39, 0.29) is 0 Å². The Morgan fingerprint density at radius 2 is 1.38 bits per heavy atom. The number of rotatable bonds is 0. The van der Waals surface area contributed by atoms with E-state index in [1.54, 1.807) is 32.1 Å². The molecule has 4 aliphatic carbocycles. The Hall–Kier alpha value is 0. The Kier molecular flexibility index (Phi) is 2.04. The van der Waals surface area contributed by atoms with E-state index in [0.717, 1.165) is 11.8 Å². The predicted molar refractivity (Wildman–Crippen MR) is 67.0 cm³/mol. The second kappa shape index (κ2) is 3.27. The lowest BCUT2D eigenvalue weighted by Gasteiger charge is -2.44. The molecule has 0 heteroatoms. The molecular weight excluding hydrogens is 192 g/mol. The van der Waals surface area contributed by atoms with Crippen LogP contribution in [-0.2, 0) is 0 Å². The van der Waals surface area contributed by atoms with Crippen LogP contribution in [-0.4, -0.2) is 0 Å². The minimum absolute atomic E-state index is 1.04. The predicted octanol–water partition coefficient (Wildman–Crippen LogP) is 4.35. The molecular formula is C16H26. The van der Waals surface area contributed by atoms with Gasteiger partial charge in [0.25, 0.3) is 0 Å². The van der Waals surface area contributed by atoms with Gasteiger partial charge < -0.3 is 0 Å². The summed E-state index contributed by atoms with van der Waals surface area (Å²) in [6, 6.07) is 0. The van der Waals surface area contributed by atoms with Gasteiger partial charge in [-0.25, -0.2) is 0 Å². The maximum absolute atomic E-state index is 2.55. The van der Waals surface area contributed by atoms with Crippen molar-refractivity contribution in [2.45, 2.75) is 52.4 Å². The van der Waals surface area contributed by atoms with Gasteiger partial charge >= 0.3 is 0 Å². The van der Waals surface area contributed by atoms with E-state index < -0.39 is 0 Å². The summed E-state index contributed by atoms with van der Waals surface area (Å²) in [5.74, 6) is 9.13. The van der Waals surface area contributed by atoms with E-state index in [2.05, 4.69) is 13.8 Å². The fourth-order valence-corrected chi connectivity index (χ4v) is 6.57. The van der Waals surface area contributed by atoms with Crippen LogP contribution in [0, 0.1) is 47.3 Å². The van der Waals surface area contributed by atoms with Crippen LogP contribution in [0.3, 0.4) is 0 Å². The largest absolute Gasteiger partial charge is 0.0625 e. The molecule has 0 aliphatic heterocycles. The Labute approximate surface area is 100 Å². The third-order valence-corrected chi connectivity index (χ3v) is 7.01. The minimum Gasteiger partial charge on any atom is -0.0625 e. The molecule has 0 spiro atoms. The lowest BCUT2D eigenvalue weighted by Crippen LogP contribution is -2.37. The van der Waals surface area contributed by atoms with Gasteiger partial charge in [0.05, 0.1) is 0 Å². The Morgan fingerprint density at radius 3 is 2.25 bits per heavy atom. The van der Waals surface area contributed by atoms with E-state index in [1.807, 2.05) is 0 Å². The zero-order valence-electron chi connectivity index (χ0n) is 10.9. The van der Waals surface area contributed by atoms with Gasteiger partial charge in [0.1, 0.15) is 0 Å². The summed E-state index contributed by atoms with van der Waals surface area (Å²) >= 11 is 0. The summed E-state index contributed by atoms with van der Waals surface area (Å²) in [5.41, 5.74) is 0. The first-order chi connectivity index (χ1) is 7.75. The third-order valence-electron chi connectivity index (χ3n) is 7.01. The second-order valence-corrected chi connectivity index (χ2v) is 7.61. The van der Waals surface area contributed by atoms with Crippen molar-refractivity contribution in [3.05, 3.63) is 0 Å². The molecule has 4 aliphatic rings. The van der Waals surface area contributed by atoms with Crippen molar-refractivity contribution in [1.82, 2.24) is 0 Å². The molecule has 0 aromatic heterocycles. The molecule has 4 fully saturated rings. The molecule has 0 saturated heterocycles. The summed E-state index contributed by atoms with van der Waals surface area (Å²) in [6.07, 6.45) is 9.49.